The van der Waals surface area contributed by atoms with Crippen molar-refractivity contribution in [1.29, 1.82) is 0 Å². The van der Waals surface area contributed by atoms with Crippen molar-refractivity contribution in [2.75, 3.05) is 32.7 Å². The van der Waals surface area contributed by atoms with Crippen molar-refractivity contribution in [3.05, 3.63) is 54.1 Å². The Labute approximate surface area is 175 Å². The molecule has 2 aromatic rings. The summed E-state index contributed by atoms with van der Waals surface area (Å²) in [7, 11) is 0. The molecule has 0 amide bonds. The molecule has 3 rings (SSSR count). The predicted molar refractivity (Wildman–Crippen MR) is 120 cm³/mol. The second-order valence-corrected chi connectivity index (χ2v) is 8.05. The van der Waals surface area contributed by atoms with Crippen molar-refractivity contribution >= 4 is 5.96 Å². The molecule has 29 heavy (non-hydrogen) atoms. The van der Waals surface area contributed by atoms with Gasteiger partial charge < -0.3 is 20.1 Å². The van der Waals surface area contributed by atoms with Gasteiger partial charge in [0.2, 0.25) is 0 Å². The molecular formula is C23H36N6. The van der Waals surface area contributed by atoms with Crippen molar-refractivity contribution < 1.29 is 0 Å². The minimum atomic E-state index is 0.685. The molecule has 2 N–H and O–H groups in total. The largest absolute Gasteiger partial charge is 0.357 e. The second-order valence-electron chi connectivity index (χ2n) is 8.05. The zero-order chi connectivity index (χ0) is 20.3. The second kappa shape index (κ2) is 11.6. The third kappa shape index (κ3) is 7.54. The number of hydrogen-bond donors (Lipinski definition) is 2. The van der Waals surface area contributed by atoms with Crippen LogP contribution in [0, 0.1) is 5.92 Å². The fourth-order valence-corrected chi connectivity index (χ4v) is 3.65. The molecule has 0 saturated carbocycles. The zero-order valence-corrected chi connectivity index (χ0v) is 18.0. The van der Waals surface area contributed by atoms with Crippen LogP contribution in [0.1, 0.15) is 44.2 Å². The minimum Gasteiger partial charge on any atom is -0.357 e. The van der Waals surface area contributed by atoms with E-state index in [2.05, 4.69) is 63.2 Å². The number of likely N-dealkylation sites (tertiary alicyclic amines) is 1. The number of piperidine rings is 1. The van der Waals surface area contributed by atoms with Gasteiger partial charge in [-0.1, -0.05) is 31.2 Å². The van der Waals surface area contributed by atoms with Crippen molar-refractivity contribution in [3.63, 3.8) is 0 Å². The Hall–Kier alpha value is -2.34. The van der Waals surface area contributed by atoms with E-state index in [1.165, 1.54) is 43.6 Å². The van der Waals surface area contributed by atoms with Crippen molar-refractivity contribution in [1.82, 2.24) is 25.1 Å². The van der Waals surface area contributed by atoms with Gasteiger partial charge in [-0.25, -0.2) is 9.98 Å². The summed E-state index contributed by atoms with van der Waals surface area (Å²) < 4.78 is 2.07. The van der Waals surface area contributed by atoms with Gasteiger partial charge in [-0.3, -0.25) is 0 Å². The molecule has 1 fully saturated rings. The molecule has 1 saturated heterocycles. The molecule has 0 aliphatic carbocycles. The van der Waals surface area contributed by atoms with E-state index in [4.69, 9.17) is 4.99 Å². The summed E-state index contributed by atoms with van der Waals surface area (Å²) in [6.45, 7) is 11.5. The number of guanidine groups is 1. The highest BCUT2D eigenvalue weighted by Crippen LogP contribution is 2.15. The Morgan fingerprint density at radius 1 is 1.14 bits per heavy atom. The van der Waals surface area contributed by atoms with Crippen LogP contribution < -0.4 is 10.6 Å². The minimum absolute atomic E-state index is 0.685. The Morgan fingerprint density at radius 2 is 1.90 bits per heavy atom. The van der Waals surface area contributed by atoms with Gasteiger partial charge in [0.15, 0.2) is 5.96 Å². The number of rotatable bonds is 9. The third-order valence-corrected chi connectivity index (χ3v) is 5.53. The van der Waals surface area contributed by atoms with E-state index in [0.29, 0.717) is 6.54 Å². The Balaban J connectivity index is 1.41. The number of benzene rings is 1. The van der Waals surface area contributed by atoms with Gasteiger partial charge in [-0.05, 0) is 62.9 Å². The fourth-order valence-electron chi connectivity index (χ4n) is 3.65. The summed E-state index contributed by atoms with van der Waals surface area (Å²) in [5.41, 5.74) is 2.49. The first-order chi connectivity index (χ1) is 14.2. The predicted octanol–water partition coefficient (Wildman–Crippen LogP) is 3.11. The number of nitrogens with one attached hydrogen (secondary N) is 2. The van der Waals surface area contributed by atoms with Crippen LogP contribution >= 0.6 is 0 Å². The summed E-state index contributed by atoms with van der Waals surface area (Å²) in [4.78, 5) is 11.4. The first-order valence-corrected chi connectivity index (χ1v) is 11.0. The van der Waals surface area contributed by atoms with Gasteiger partial charge in [-0.2, -0.15) is 0 Å². The highest BCUT2D eigenvalue weighted by Gasteiger charge is 2.14. The molecule has 6 heteroatoms. The summed E-state index contributed by atoms with van der Waals surface area (Å²) in [6.07, 6.45) is 9.49. The monoisotopic (exact) mass is 396 g/mol. The summed E-state index contributed by atoms with van der Waals surface area (Å²) in [5.74, 6) is 1.80. The van der Waals surface area contributed by atoms with Crippen LogP contribution in [0.25, 0.3) is 0 Å². The molecule has 0 unspecified atom stereocenters. The van der Waals surface area contributed by atoms with Gasteiger partial charge in [-0.15, -0.1) is 0 Å². The quantitative estimate of drug-likeness (QED) is 0.388. The maximum Gasteiger partial charge on any atom is 0.191 e. The van der Waals surface area contributed by atoms with E-state index in [1.807, 2.05) is 18.7 Å². The Kier molecular flexibility index (Phi) is 8.56. The van der Waals surface area contributed by atoms with E-state index < -0.39 is 0 Å². The van der Waals surface area contributed by atoms with E-state index in [1.54, 1.807) is 0 Å². The molecule has 0 bridgehead atoms. The zero-order valence-electron chi connectivity index (χ0n) is 18.0. The van der Waals surface area contributed by atoms with Gasteiger partial charge >= 0.3 is 0 Å². The molecule has 2 heterocycles. The van der Waals surface area contributed by atoms with Gasteiger partial charge in [0.25, 0.3) is 0 Å². The van der Waals surface area contributed by atoms with Gasteiger partial charge in [0, 0.05) is 32.0 Å². The Morgan fingerprint density at radius 3 is 2.59 bits per heavy atom. The van der Waals surface area contributed by atoms with Crippen LogP contribution in [-0.2, 0) is 13.1 Å². The molecule has 0 spiro atoms. The van der Waals surface area contributed by atoms with Gasteiger partial charge in [0.05, 0.1) is 12.9 Å². The topological polar surface area (TPSA) is 57.5 Å². The number of aromatic nitrogens is 2. The lowest BCUT2D eigenvalue weighted by Crippen LogP contribution is -2.39. The maximum atomic E-state index is 4.75. The molecule has 0 atom stereocenters. The smallest absolute Gasteiger partial charge is 0.191 e. The lowest BCUT2D eigenvalue weighted by molar-refractivity contribution is 0.191. The van der Waals surface area contributed by atoms with Crippen molar-refractivity contribution in [2.45, 2.75) is 46.2 Å². The lowest BCUT2D eigenvalue weighted by Gasteiger charge is -2.30. The normalized spacial score (nSPS) is 16.1. The standard InChI is InChI=1S/C23H36N6/c1-3-25-23(26-11-4-13-28-14-9-20(2)10-15-28)27-17-21-5-7-22(8-6-21)18-29-16-12-24-19-29/h5-8,12,16,19-20H,3-4,9-11,13-15,17-18H2,1-2H3,(H2,25,26,27). The van der Waals surface area contributed by atoms with Crippen molar-refractivity contribution in [3.8, 4) is 0 Å². The summed E-state index contributed by atoms with van der Waals surface area (Å²) in [5, 5.41) is 6.84. The molecule has 1 aliphatic heterocycles. The maximum absolute atomic E-state index is 4.75. The highest BCUT2D eigenvalue weighted by molar-refractivity contribution is 5.79. The molecular weight excluding hydrogens is 360 g/mol. The number of hydrogen-bond acceptors (Lipinski definition) is 3. The molecule has 0 radical (unpaired) electrons. The van der Waals surface area contributed by atoms with Gasteiger partial charge in [0.1, 0.15) is 0 Å². The fraction of sp³-hybridized carbons (Fsp3) is 0.565. The van der Waals surface area contributed by atoms with Crippen LogP contribution in [0.3, 0.4) is 0 Å². The van der Waals surface area contributed by atoms with Crippen LogP contribution in [0.5, 0.6) is 0 Å². The van der Waals surface area contributed by atoms with Crippen LogP contribution in [0.15, 0.2) is 48.0 Å². The summed E-state index contributed by atoms with van der Waals surface area (Å²) >= 11 is 0. The summed E-state index contributed by atoms with van der Waals surface area (Å²) in [6, 6.07) is 8.67. The first kappa shape index (κ1) is 21.4. The third-order valence-electron chi connectivity index (χ3n) is 5.53. The van der Waals surface area contributed by atoms with Crippen LogP contribution in [-0.4, -0.2) is 53.1 Å². The molecule has 1 aromatic heterocycles. The lowest BCUT2D eigenvalue weighted by atomic mass is 9.99. The van der Waals surface area contributed by atoms with Crippen molar-refractivity contribution in [2.24, 2.45) is 10.9 Å². The van der Waals surface area contributed by atoms with Crippen LogP contribution in [0.4, 0.5) is 0 Å². The van der Waals surface area contributed by atoms with E-state index in [9.17, 15) is 0 Å². The van der Waals surface area contributed by atoms with E-state index >= 15 is 0 Å². The average molecular weight is 397 g/mol. The molecule has 6 nitrogen and oxygen atoms in total. The first-order valence-electron chi connectivity index (χ1n) is 11.0. The van der Waals surface area contributed by atoms with E-state index in [-0.39, 0.29) is 0 Å². The molecule has 158 valence electrons. The number of nitrogens with zero attached hydrogens (tertiary/aromatic N) is 4. The van der Waals surface area contributed by atoms with Crippen LogP contribution in [0.2, 0.25) is 0 Å². The number of imidazole rings is 1. The van der Waals surface area contributed by atoms with E-state index in [0.717, 1.165) is 37.9 Å². The molecule has 1 aliphatic rings. The number of aliphatic imine (C=N–C) groups is 1. The Bertz CT molecular complexity index is 714. The molecule has 1 aromatic carbocycles. The average Bonchev–Trinajstić information content (AvgIpc) is 3.25. The SMILES string of the molecule is CCNC(=NCc1ccc(Cn2ccnc2)cc1)NCCCN1CCC(C)CC1. The highest BCUT2D eigenvalue weighted by atomic mass is 15.2.